The van der Waals surface area contributed by atoms with Crippen LogP contribution >= 0.6 is 0 Å². The molecule has 1 aliphatic rings. The first-order valence-corrected chi connectivity index (χ1v) is 8.66. The molecule has 0 saturated carbocycles. The fourth-order valence-electron chi connectivity index (χ4n) is 2.90. The number of aromatic nitrogens is 4. The van der Waals surface area contributed by atoms with Crippen molar-refractivity contribution in [1.82, 2.24) is 19.7 Å². The molecule has 0 spiro atoms. The van der Waals surface area contributed by atoms with Gasteiger partial charge in [0.1, 0.15) is 13.2 Å². The third-order valence-electron chi connectivity index (χ3n) is 4.02. The van der Waals surface area contributed by atoms with E-state index in [1.54, 1.807) is 10.7 Å². The van der Waals surface area contributed by atoms with Crippen molar-refractivity contribution in [2.75, 3.05) is 13.2 Å². The summed E-state index contributed by atoms with van der Waals surface area (Å²) in [5.74, 6) is 3.15. The van der Waals surface area contributed by atoms with Crippen LogP contribution in [-0.4, -0.2) is 33.0 Å². The van der Waals surface area contributed by atoms with Gasteiger partial charge in [-0.1, -0.05) is 19.9 Å². The summed E-state index contributed by atoms with van der Waals surface area (Å²) in [4.78, 5) is 19.2. The molecule has 134 valence electrons. The molecule has 0 atom stereocenters. The van der Waals surface area contributed by atoms with E-state index in [0.717, 1.165) is 23.7 Å². The Bertz CT molecular complexity index is 990. The van der Waals surface area contributed by atoms with Gasteiger partial charge in [0, 0.05) is 18.6 Å². The predicted octanol–water partition coefficient (Wildman–Crippen LogP) is 2.59. The van der Waals surface area contributed by atoms with Crippen LogP contribution in [0.1, 0.15) is 19.7 Å². The number of fused-ring (bicyclic) bond motifs is 1. The van der Waals surface area contributed by atoms with Crippen LogP contribution < -0.4 is 15.0 Å². The van der Waals surface area contributed by atoms with Crippen LogP contribution in [0.25, 0.3) is 17.2 Å². The standard InChI is InChI=1S/C19H20N4O3/c1-12(2)10-17-21-19(14-4-3-5-18(24)20-14)23(22-17)13-6-7-15-16(11-13)26-9-8-25-15/h3-7,11-12H,8-10H2,1-2H3,(H,20,24). The Labute approximate surface area is 150 Å². The van der Waals surface area contributed by atoms with E-state index in [1.807, 2.05) is 24.3 Å². The first-order valence-electron chi connectivity index (χ1n) is 8.66. The van der Waals surface area contributed by atoms with Gasteiger partial charge in [-0.15, -0.1) is 0 Å². The molecule has 1 aliphatic heterocycles. The van der Waals surface area contributed by atoms with Crippen LogP contribution in [0.3, 0.4) is 0 Å². The summed E-state index contributed by atoms with van der Waals surface area (Å²) in [6.45, 7) is 5.31. The minimum atomic E-state index is -0.176. The maximum Gasteiger partial charge on any atom is 0.248 e. The molecule has 7 heteroatoms. The van der Waals surface area contributed by atoms with Crippen LogP contribution in [0.4, 0.5) is 0 Å². The highest BCUT2D eigenvalue weighted by Crippen LogP contribution is 2.33. The maximum absolute atomic E-state index is 11.7. The molecule has 0 unspecified atom stereocenters. The van der Waals surface area contributed by atoms with Gasteiger partial charge in [-0.2, -0.15) is 5.10 Å². The number of ether oxygens (including phenoxy) is 2. The van der Waals surface area contributed by atoms with Crippen molar-refractivity contribution in [3.05, 3.63) is 52.6 Å². The first-order chi connectivity index (χ1) is 12.6. The number of hydrogen-bond acceptors (Lipinski definition) is 5. The van der Waals surface area contributed by atoms with E-state index < -0.39 is 0 Å². The first kappa shape index (κ1) is 16.4. The Morgan fingerprint density at radius 1 is 1.15 bits per heavy atom. The predicted molar refractivity (Wildman–Crippen MR) is 96.9 cm³/mol. The molecule has 0 bridgehead atoms. The van der Waals surface area contributed by atoms with Gasteiger partial charge in [0.25, 0.3) is 0 Å². The number of H-pyrrole nitrogens is 1. The molecule has 1 N–H and O–H groups in total. The van der Waals surface area contributed by atoms with E-state index in [4.69, 9.17) is 9.47 Å². The number of benzene rings is 1. The monoisotopic (exact) mass is 352 g/mol. The maximum atomic E-state index is 11.7. The van der Waals surface area contributed by atoms with Crippen molar-refractivity contribution in [2.45, 2.75) is 20.3 Å². The number of pyridine rings is 1. The van der Waals surface area contributed by atoms with Gasteiger partial charge in [0.2, 0.25) is 5.56 Å². The lowest BCUT2D eigenvalue weighted by Crippen LogP contribution is -2.15. The molecule has 7 nitrogen and oxygen atoms in total. The minimum Gasteiger partial charge on any atom is -0.486 e. The molecule has 0 saturated heterocycles. The average molecular weight is 352 g/mol. The topological polar surface area (TPSA) is 82.0 Å². The van der Waals surface area contributed by atoms with Crippen molar-refractivity contribution in [3.63, 3.8) is 0 Å². The van der Waals surface area contributed by atoms with Crippen molar-refractivity contribution in [1.29, 1.82) is 0 Å². The molecule has 0 radical (unpaired) electrons. The molecule has 3 heterocycles. The molecule has 4 rings (SSSR count). The molecule has 3 aromatic rings. The third-order valence-corrected chi connectivity index (χ3v) is 4.02. The molecular weight excluding hydrogens is 332 g/mol. The van der Waals surface area contributed by atoms with Crippen molar-refractivity contribution in [3.8, 4) is 28.7 Å². The van der Waals surface area contributed by atoms with E-state index in [-0.39, 0.29) is 5.56 Å². The molecule has 2 aromatic heterocycles. The normalized spacial score (nSPS) is 13.2. The van der Waals surface area contributed by atoms with Crippen LogP contribution in [0.2, 0.25) is 0 Å². The lowest BCUT2D eigenvalue weighted by atomic mass is 10.1. The van der Waals surface area contributed by atoms with E-state index >= 15 is 0 Å². The summed E-state index contributed by atoms with van der Waals surface area (Å²) in [5, 5.41) is 4.66. The molecule has 0 aliphatic carbocycles. The number of nitrogens with one attached hydrogen (secondary N) is 1. The Kier molecular flexibility index (Phi) is 4.20. The van der Waals surface area contributed by atoms with Gasteiger partial charge in [0.05, 0.1) is 11.4 Å². The fraction of sp³-hybridized carbons (Fsp3) is 0.316. The lowest BCUT2D eigenvalue weighted by molar-refractivity contribution is 0.171. The number of nitrogens with zero attached hydrogens (tertiary/aromatic N) is 3. The van der Waals surface area contributed by atoms with Gasteiger partial charge in [-0.25, -0.2) is 9.67 Å². The van der Waals surface area contributed by atoms with Crippen LogP contribution in [0, 0.1) is 5.92 Å². The van der Waals surface area contributed by atoms with Gasteiger partial charge in [-0.05, 0) is 24.1 Å². The molecule has 0 amide bonds. The van der Waals surface area contributed by atoms with Gasteiger partial charge < -0.3 is 14.5 Å². The van der Waals surface area contributed by atoms with Crippen LogP contribution in [0.5, 0.6) is 11.5 Å². The van der Waals surface area contributed by atoms with Gasteiger partial charge in [0.15, 0.2) is 23.1 Å². The summed E-state index contributed by atoms with van der Waals surface area (Å²) < 4.78 is 13.0. The van der Waals surface area contributed by atoms with Crippen molar-refractivity contribution < 1.29 is 9.47 Å². The highest BCUT2D eigenvalue weighted by atomic mass is 16.6. The zero-order valence-corrected chi connectivity index (χ0v) is 14.7. The fourth-order valence-corrected chi connectivity index (χ4v) is 2.90. The largest absolute Gasteiger partial charge is 0.486 e. The van der Waals surface area contributed by atoms with Crippen LogP contribution in [-0.2, 0) is 6.42 Å². The molecular formula is C19H20N4O3. The minimum absolute atomic E-state index is 0.176. The highest BCUT2D eigenvalue weighted by Gasteiger charge is 2.18. The summed E-state index contributed by atoms with van der Waals surface area (Å²) in [7, 11) is 0. The Morgan fingerprint density at radius 3 is 2.73 bits per heavy atom. The zero-order chi connectivity index (χ0) is 18.1. The van der Waals surface area contributed by atoms with E-state index in [0.29, 0.717) is 36.4 Å². The quantitative estimate of drug-likeness (QED) is 0.780. The second kappa shape index (κ2) is 6.67. The average Bonchev–Trinajstić information content (AvgIpc) is 3.04. The van der Waals surface area contributed by atoms with Gasteiger partial charge in [-0.3, -0.25) is 4.79 Å². The molecule has 1 aromatic carbocycles. The summed E-state index contributed by atoms with van der Waals surface area (Å²) in [5.41, 5.74) is 1.25. The zero-order valence-electron chi connectivity index (χ0n) is 14.7. The van der Waals surface area contributed by atoms with E-state index in [9.17, 15) is 4.79 Å². The lowest BCUT2D eigenvalue weighted by Gasteiger charge is -2.19. The molecule has 0 fully saturated rings. The number of aromatic amines is 1. The van der Waals surface area contributed by atoms with E-state index in [1.165, 1.54) is 6.07 Å². The second-order valence-electron chi connectivity index (χ2n) is 6.62. The number of rotatable bonds is 4. The Morgan fingerprint density at radius 2 is 1.96 bits per heavy atom. The second-order valence-corrected chi connectivity index (χ2v) is 6.62. The SMILES string of the molecule is CC(C)Cc1nc(-c2cccc(=O)[nH]2)n(-c2ccc3c(c2)OCCO3)n1. The summed E-state index contributed by atoms with van der Waals surface area (Å²) in [6.07, 6.45) is 0.752. The molecule has 26 heavy (non-hydrogen) atoms. The summed E-state index contributed by atoms with van der Waals surface area (Å²) >= 11 is 0. The van der Waals surface area contributed by atoms with Crippen LogP contribution in [0.15, 0.2) is 41.2 Å². The van der Waals surface area contributed by atoms with Gasteiger partial charge >= 0.3 is 0 Å². The smallest absolute Gasteiger partial charge is 0.248 e. The van der Waals surface area contributed by atoms with Crippen molar-refractivity contribution in [2.24, 2.45) is 5.92 Å². The summed E-state index contributed by atoms with van der Waals surface area (Å²) in [6, 6.07) is 10.7. The third kappa shape index (κ3) is 3.20. The Hall–Kier alpha value is -3.09. The van der Waals surface area contributed by atoms with Crippen molar-refractivity contribution >= 4 is 0 Å². The Balaban J connectivity index is 1.84. The highest BCUT2D eigenvalue weighted by molar-refractivity contribution is 5.56. The number of hydrogen-bond donors (Lipinski definition) is 1. The van der Waals surface area contributed by atoms with E-state index in [2.05, 4.69) is 28.9 Å².